The van der Waals surface area contributed by atoms with Gasteiger partial charge in [0.2, 0.25) is 0 Å². The van der Waals surface area contributed by atoms with Crippen molar-refractivity contribution in [2.75, 3.05) is 5.32 Å². The van der Waals surface area contributed by atoms with Crippen molar-refractivity contribution in [1.29, 1.82) is 0 Å². The quantitative estimate of drug-likeness (QED) is 0.439. The summed E-state index contributed by atoms with van der Waals surface area (Å²) in [5.41, 5.74) is 1.04. The smallest absolute Gasteiger partial charge is 0.330 e. The molecule has 0 amide bonds. The van der Waals surface area contributed by atoms with E-state index >= 15 is 0 Å². The van der Waals surface area contributed by atoms with Crippen LogP contribution in [0, 0.1) is 10.1 Å². The van der Waals surface area contributed by atoms with E-state index in [1.807, 2.05) is 0 Å². The number of hydrogen-bond acceptors (Lipinski definition) is 4. The number of hydrogen-bond donors (Lipinski definition) is 3. The van der Waals surface area contributed by atoms with Gasteiger partial charge in [-0.25, -0.2) is 4.79 Å². The summed E-state index contributed by atoms with van der Waals surface area (Å²) in [6, 6.07) is 13.3. The zero-order valence-electron chi connectivity index (χ0n) is 11.8. The van der Waals surface area contributed by atoms with Gasteiger partial charge in [0.1, 0.15) is 0 Å². The minimum absolute atomic E-state index is 0.0397. The maximum absolute atomic E-state index is 11.4. The van der Waals surface area contributed by atoms with Crippen molar-refractivity contribution in [2.45, 2.75) is 6.04 Å². The summed E-state index contributed by atoms with van der Waals surface area (Å²) >= 11 is 5.10. The lowest BCUT2D eigenvalue weighted by Gasteiger charge is -2.17. The van der Waals surface area contributed by atoms with Gasteiger partial charge in [-0.15, -0.1) is 0 Å². The molecule has 0 radical (unpaired) electrons. The molecular formula is C15H13N3O4S. The minimum atomic E-state index is -1.07. The van der Waals surface area contributed by atoms with Crippen molar-refractivity contribution in [1.82, 2.24) is 5.32 Å². The molecule has 0 aliphatic carbocycles. The van der Waals surface area contributed by atoms with E-state index in [-0.39, 0.29) is 10.8 Å². The second kappa shape index (κ2) is 7.32. The van der Waals surface area contributed by atoms with E-state index < -0.39 is 16.9 Å². The molecule has 0 saturated carbocycles. The van der Waals surface area contributed by atoms with E-state index in [0.717, 1.165) is 0 Å². The molecule has 3 N–H and O–H groups in total. The van der Waals surface area contributed by atoms with E-state index in [1.165, 1.54) is 24.3 Å². The highest BCUT2D eigenvalue weighted by Gasteiger charge is 2.20. The molecule has 0 aromatic heterocycles. The number of carboxylic acids is 1. The zero-order chi connectivity index (χ0) is 16.8. The normalized spacial score (nSPS) is 11.3. The predicted octanol–water partition coefficient (Wildman–Crippen LogP) is 2.71. The topological polar surface area (TPSA) is 104 Å². The molecule has 0 aliphatic rings. The molecule has 8 heteroatoms. The average Bonchev–Trinajstić information content (AvgIpc) is 2.53. The first kappa shape index (κ1) is 16.4. The van der Waals surface area contributed by atoms with Crippen molar-refractivity contribution in [3.8, 4) is 0 Å². The third-order valence-electron chi connectivity index (χ3n) is 2.99. The van der Waals surface area contributed by atoms with E-state index in [0.29, 0.717) is 11.3 Å². The van der Waals surface area contributed by atoms with E-state index in [2.05, 4.69) is 10.6 Å². The van der Waals surface area contributed by atoms with Gasteiger partial charge in [0.25, 0.3) is 5.69 Å². The Morgan fingerprint density at radius 2 is 1.74 bits per heavy atom. The largest absolute Gasteiger partial charge is 0.479 e. The summed E-state index contributed by atoms with van der Waals surface area (Å²) in [5.74, 6) is -1.07. The molecule has 0 bridgehead atoms. The lowest BCUT2D eigenvalue weighted by atomic mass is 10.1. The fourth-order valence-electron chi connectivity index (χ4n) is 1.90. The Morgan fingerprint density at radius 1 is 1.13 bits per heavy atom. The van der Waals surface area contributed by atoms with Crippen LogP contribution in [-0.4, -0.2) is 21.1 Å². The molecule has 7 nitrogen and oxygen atoms in total. The van der Waals surface area contributed by atoms with E-state index in [1.54, 1.807) is 30.3 Å². The van der Waals surface area contributed by atoms with Crippen molar-refractivity contribution in [3.63, 3.8) is 0 Å². The molecule has 118 valence electrons. The van der Waals surface area contributed by atoms with Gasteiger partial charge in [-0.1, -0.05) is 30.3 Å². The van der Waals surface area contributed by atoms with Gasteiger partial charge in [0.05, 0.1) is 4.92 Å². The van der Waals surface area contributed by atoms with Gasteiger partial charge in [0, 0.05) is 17.8 Å². The third kappa shape index (κ3) is 4.48. The Morgan fingerprint density at radius 3 is 2.26 bits per heavy atom. The van der Waals surface area contributed by atoms with Crippen molar-refractivity contribution in [2.24, 2.45) is 0 Å². The van der Waals surface area contributed by atoms with E-state index in [4.69, 9.17) is 12.2 Å². The third-order valence-corrected chi connectivity index (χ3v) is 3.21. The van der Waals surface area contributed by atoms with Gasteiger partial charge in [-0.2, -0.15) is 0 Å². The number of non-ortho nitro benzene ring substituents is 1. The number of anilines is 1. The molecule has 0 unspecified atom stereocenters. The van der Waals surface area contributed by atoms with Crippen LogP contribution in [0.5, 0.6) is 0 Å². The second-order valence-electron chi connectivity index (χ2n) is 4.58. The van der Waals surface area contributed by atoms with Gasteiger partial charge < -0.3 is 15.7 Å². The Labute approximate surface area is 137 Å². The lowest BCUT2D eigenvalue weighted by Crippen LogP contribution is -2.36. The summed E-state index contributed by atoms with van der Waals surface area (Å²) in [4.78, 5) is 21.5. The number of nitro benzene ring substituents is 1. The highest BCUT2D eigenvalue weighted by molar-refractivity contribution is 7.80. The fourth-order valence-corrected chi connectivity index (χ4v) is 2.13. The second-order valence-corrected chi connectivity index (χ2v) is 4.99. The summed E-state index contributed by atoms with van der Waals surface area (Å²) in [6.07, 6.45) is 0. The first-order valence-electron chi connectivity index (χ1n) is 6.57. The van der Waals surface area contributed by atoms with Crippen LogP contribution in [0.4, 0.5) is 11.4 Å². The number of carboxylic acid groups (broad SMARTS) is 1. The number of nitrogens with zero attached hydrogens (tertiary/aromatic N) is 1. The summed E-state index contributed by atoms with van der Waals surface area (Å²) < 4.78 is 0. The van der Waals surface area contributed by atoms with Crippen molar-refractivity contribution >= 4 is 34.7 Å². The van der Waals surface area contributed by atoms with Crippen LogP contribution in [0.2, 0.25) is 0 Å². The monoisotopic (exact) mass is 331 g/mol. The van der Waals surface area contributed by atoms with Crippen LogP contribution in [0.3, 0.4) is 0 Å². The molecule has 1 atom stereocenters. The van der Waals surface area contributed by atoms with Crippen molar-refractivity contribution in [3.05, 3.63) is 70.3 Å². The van der Waals surface area contributed by atoms with Crippen LogP contribution in [0.15, 0.2) is 54.6 Å². The fraction of sp³-hybridized carbons (Fsp3) is 0.0667. The molecular weight excluding hydrogens is 318 g/mol. The first-order chi connectivity index (χ1) is 11.0. The molecule has 23 heavy (non-hydrogen) atoms. The standard InChI is InChI=1S/C15H13N3O4S/c19-14(20)13(10-4-2-1-3-5-10)17-15(23)16-11-6-8-12(9-7-11)18(21)22/h1-9,13H,(H,19,20)(H2,16,17,23)/t13-/m0/s1. The zero-order valence-corrected chi connectivity index (χ0v) is 12.6. The Kier molecular flexibility index (Phi) is 5.21. The average molecular weight is 331 g/mol. The summed E-state index contributed by atoms with van der Waals surface area (Å²) in [5, 5.41) is 25.5. The predicted molar refractivity (Wildman–Crippen MR) is 89.3 cm³/mol. The molecule has 0 saturated heterocycles. The minimum Gasteiger partial charge on any atom is -0.479 e. The highest BCUT2D eigenvalue weighted by Crippen LogP contribution is 2.16. The Bertz CT molecular complexity index is 719. The van der Waals surface area contributed by atoms with Gasteiger partial charge in [-0.05, 0) is 29.9 Å². The number of rotatable bonds is 5. The molecule has 0 fully saturated rings. The maximum atomic E-state index is 11.4. The Balaban J connectivity index is 2.05. The number of aliphatic carboxylic acids is 1. The van der Waals surface area contributed by atoms with Crippen LogP contribution in [-0.2, 0) is 4.79 Å². The number of benzene rings is 2. The number of carbonyl (C=O) groups is 1. The SMILES string of the molecule is O=C(O)[C@@H](NC(=S)Nc1ccc([N+](=O)[O-])cc1)c1ccccc1. The lowest BCUT2D eigenvalue weighted by molar-refractivity contribution is -0.384. The molecule has 0 aliphatic heterocycles. The molecule has 0 heterocycles. The van der Waals surface area contributed by atoms with Gasteiger partial charge in [0.15, 0.2) is 11.2 Å². The highest BCUT2D eigenvalue weighted by atomic mass is 32.1. The van der Waals surface area contributed by atoms with Crippen LogP contribution < -0.4 is 10.6 Å². The number of thiocarbonyl (C=S) groups is 1. The first-order valence-corrected chi connectivity index (χ1v) is 6.98. The molecule has 2 rings (SSSR count). The van der Waals surface area contributed by atoms with Gasteiger partial charge in [-0.3, -0.25) is 10.1 Å². The maximum Gasteiger partial charge on any atom is 0.330 e. The molecule has 2 aromatic rings. The Hall–Kier alpha value is -3.00. The van der Waals surface area contributed by atoms with Crippen LogP contribution >= 0.6 is 12.2 Å². The van der Waals surface area contributed by atoms with Gasteiger partial charge >= 0.3 is 5.97 Å². The number of nitro groups is 1. The molecule has 0 spiro atoms. The van der Waals surface area contributed by atoms with Crippen LogP contribution in [0.25, 0.3) is 0 Å². The molecule has 2 aromatic carbocycles. The van der Waals surface area contributed by atoms with Crippen molar-refractivity contribution < 1.29 is 14.8 Å². The number of nitrogens with one attached hydrogen (secondary N) is 2. The van der Waals surface area contributed by atoms with E-state index in [9.17, 15) is 20.0 Å². The summed E-state index contributed by atoms with van der Waals surface area (Å²) in [6.45, 7) is 0. The van der Waals surface area contributed by atoms with Crippen LogP contribution in [0.1, 0.15) is 11.6 Å². The summed E-state index contributed by atoms with van der Waals surface area (Å²) in [7, 11) is 0.